The number of benzene rings is 1. The Hall–Kier alpha value is -1.91. The Morgan fingerprint density at radius 2 is 2.05 bits per heavy atom. The van der Waals surface area contributed by atoms with Crippen LogP contribution in [0.25, 0.3) is 0 Å². The molecule has 2 amide bonds. The van der Waals surface area contributed by atoms with E-state index < -0.39 is 0 Å². The van der Waals surface area contributed by atoms with Crippen LogP contribution >= 0.6 is 0 Å². The highest BCUT2D eigenvalue weighted by molar-refractivity contribution is 5.74. The molecular weight excluding hydrogens is 268 g/mol. The molecule has 1 aliphatic carbocycles. The van der Waals surface area contributed by atoms with Gasteiger partial charge in [0.05, 0.1) is 0 Å². The molecule has 3 aliphatic rings. The number of amides is 2. The van der Waals surface area contributed by atoms with Crippen LogP contribution in [0.15, 0.2) is 18.2 Å². The van der Waals surface area contributed by atoms with Crippen molar-refractivity contribution in [3.63, 3.8) is 0 Å². The summed E-state index contributed by atoms with van der Waals surface area (Å²) in [6.45, 7) is 2.58. The Labute approximate surface area is 124 Å². The molecule has 1 N–H and O–H groups in total. The molecule has 21 heavy (non-hydrogen) atoms. The van der Waals surface area contributed by atoms with Crippen molar-refractivity contribution in [2.75, 3.05) is 19.9 Å². The van der Waals surface area contributed by atoms with Gasteiger partial charge in [-0.1, -0.05) is 18.6 Å². The molecule has 0 radical (unpaired) electrons. The average molecular weight is 288 g/mol. The summed E-state index contributed by atoms with van der Waals surface area (Å²) in [5.41, 5.74) is 0.970. The monoisotopic (exact) mass is 288 g/mol. The number of hydrogen-bond acceptors (Lipinski definition) is 3. The van der Waals surface area contributed by atoms with Gasteiger partial charge in [-0.05, 0) is 30.7 Å². The van der Waals surface area contributed by atoms with E-state index >= 15 is 0 Å². The quantitative estimate of drug-likeness (QED) is 0.909. The number of rotatable bonds is 2. The predicted molar refractivity (Wildman–Crippen MR) is 77.2 cm³/mol. The minimum Gasteiger partial charge on any atom is -0.454 e. The normalized spacial score (nSPS) is 26.0. The standard InChI is InChI=1S/C16H20N2O3/c19-16(18-8-12-4-1-5-13(12)9-18)17-7-11-3-2-6-14-15(11)21-10-20-14/h2-3,6,12-13H,1,4-5,7-10H2,(H,17,19). The van der Waals surface area contributed by atoms with Crippen LogP contribution in [-0.2, 0) is 6.54 Å². The lowest BCUT2D eigenvalue weighted by molar-refractivity contribution is 0.173. The molecule has 5 heteroatoms. The zero-order valence-corrected chi connectivity index (χ0v) is 12.0. The lowest BCUT2D eigenvalue weighted by Gasteiger charge is -2.18. The summed E-state index contributed by atoms with van der Waals surface area (Å²) in [5, 5.41) is 3.01. The van der Waals surface area contributed by atoms with Crippen molar-refractivity contribution in [1.29, 1.82) is 0 Å². The summed E-state index contributed by atoms with van der Waals surface area (Å²) in [7, 11) is 0. The molecule has 1 saturated carbocycles. The Morgan fingerprint density at radius 3 is 2.86 bits per heavy atom. The third-order valence-electron chi connectivity index (χ3n) is 4.92. The molecule has 2 fully saturated rings. The minimum atomic E-state index is 0.0425. The Balaban J connectivity index is 1.37. The van der Waals surface area contributed by atoms with Gasteiger partial charge in [-0.3, -0.25) is 0 Å². The van der Waals surface area contributed by atoms with Gasteiger partial charge in [-0.15, -0.1) is 0 Å². The number of nitrogens with zero attached hydrogens (tertiary/aromatic N) is 1. The van der Waals surface area contributed by atoms with Crippen LogP contribution in [0.5, 0.6) is 11.5 Å². The first kappa shape index (κ1) is 12.8. The zero-order valence-electron chi connectivity index (χ0n) is 12.0. The van der Waals surface area contributed by atoms with Crippen LogP contribution in [0, 0.1) is 11.8 Å². The van der Waals surface area contributed by atoms with E-state index in [1.807, 2.05) is 23.1 Å². The average Bonchev–Trinajstić information content (AvgIpc) is 3.18. The third-order valence-corrected chi connectivity index (χ3v) is 4.92. The highest BCUT2D eigenvalue weighted by atomic mass is 16.7. The van der Waals surface area contributed by atoms with E-state index in [1.54, 1.807) is 0 Å². The van der Waals surface area contributed by atoms with Crippen LogP contribution in [0.1, 0.15) is 24.8 Å². The molecule has 2 aliphatic heterocycles. The zero-order chi connectivity index (χ0) is 14.2. The summed E-state index contributed by atoms with van der Waals surface area (Å²) < 4.78 is 10.8. The smallest absolute Gasteiger partial charge is 0.317 e. The Bertz CT molecular complexity index is 548. The fourth-order valence-corrected chi connectivity index (χ4v) is 3.81. The van der Waals surface area contributed by atoms with Crippen molar-refractivity contribution >= 4 is 6.03 Å². The summed E-state index contributed by atoms with van der Waals surface area (Å²) in [6.07, 6.45) is 3.90. The van der Waals surface area contributed by atoms with Crippen LogP contribution in [0.4, 0.5) is 4.79 Å². The van der Waals surface area contributed by atoms with E-state index in [9.17, 15) is 4.79 Å². The van der Waals surface area contributed by atoms with Gasteiger partial charge < -0.3 is 19.7 Å². The van der Waals surface area contributed by atoms with Crippen LogP contribution < -0.4 is 14.8 Å². The number of hydrogen-bond donors (Lipinski definition) is 1. The summed E-state index contributed by atoms with van der Waals surface area (Å²) in [6, 6.07) is 5.82. The molecule has 2 unspecified atom stereocenters. The lowest BCUT2D eigenvalue weighted by Crippen LogP contribution is -2.38. The molecule has 1 saturated heterocycles. The van der Waals surface area contributed by atoms with E-state index in [-0.39, 0.29) is 12.8 Å². The van der Waals surface area contributed by atoms with Crippen LogP contribution in [0.3, 0.4) is 0 Å². The Kier molecular flexibility index (Phi) is 3.13. The lowest BCUT2D eigenvalue weighted by atomic mass is 10.0. The minimum absolute atomic E-state index is 0.0425. The van der Waals surface area contributed by atoms with Gasteiger partial charge in [0.15, 0.2) is 11.5 Å². The van der Waals surface area contributed by atoms with Gasteiger partial charge >= 0.3 is 6.03 Å². The van der Waals surface area contributed by atoms with Gasteiger partial charge in [-0.25, -0.2) is 4.79 Å². The SMILES string of the molecule is O=C(NCc1cccc2c1OCO2)N1CC2CCCC2C1. The molecule has 5 nitrogen and oxygen atoms in total. The largest absolute Gasteiger partial charge is 0.454 e. The van der Waals surface area contributed by atoms with Gasteiger partial charge in [-0.2, -0.15) is 0 Å². The van der Waals surface area contributed by atoms with Crippen molar-refractivity contribution in [1.82, 2.24) is 10.2 Å². The van der Waals surface area contributed by atoms with Gasteiger partial charge in [0.25, 0.3) is 0 Å². The fraction of sp³-hybridized carbons (Fsp3) is 0.562. The molecule has 2 heterocycles. The molecule has 0 bridgehead atoms. The Morgan fingerprint density at radius 1 is 1.24 bits per heavy atom. The topological polar surface area (TPSA) is 50.8 Å². The van der Waals surface area contributed by atoms with Crippen molar-refractivity contribution in [2.45, 2.75) is 25.8 Å². The molecule has 112 valence electrons. The molecule has 0 aromatic heterocycles. The number of para-hydroxylation sites is 1. The van der Waals surface area contributed by atoms with E-state index in [4.69, 9.17) is 9.47 Å². The number of ether oxygens (including phenoxy) is 2. The molecule has 1 aromatic carbocycles. The second-order valence-corrected chi connectivity index (χ2v) is 6.17. The number of urea groups is 1. The first-order valence-corrected chi connectivity index (χ1v) is 7.71. The van der Waals surface area contributed by atoms with E-state index in [0.29, 0.717) is 6.54 Å². The number of carbonyl (C=O) groups is 1. The van der Waals surface area contributed by atoms with Crippen LogP contribution in [0.2, 0.25) is 0 Å². The summed E-state index contributed by atoms with van der Waals surface area (Å²) in [4.78, 5) is 14.3. The molecule has 0 spiro atoms. The predicted octanol–water partition coefficient (Wildman–Crippen LogP) is 2.36. The molecule has 4 rings (SSSR count). The highest BCUT2D eigenvalue weighted by Gasteiger charge is 2.37. The second-order valence-electron chi connectivity index (χ2n) is 6.17. The molecule has 1 aromatic rings. The molecular formula is C16H20N2O3. The number of carbonyl (C=O) groups excluding carboxylic acids is 1. The number of nitrogens with one attached hydrogen (secondary N) is 1. The van der Waals surface area contributed by atoms with Crippen molar-refractivity contribution in [3.05, 3.63) is 23.8 Å². The first-order chi connectivity index (χ1) is 10.3. The van der Waals surface area contributed by atoms with Gasteiger partial charge in [0.1, 0.15) is 0 Å². The number of likely N-dealkylation sites (tertiary alicyclic amines) is 1. The van der Waals surface area contributed by atoms with Crippen molar-refractivity contribution in [3.8, 4) is 11.5 Å². The van der Waals surface area contributed by atoms with E-state index in [1.165, 1.54) is 19.3 Å². The maximum atomic E-state index is 12.3. The summed E-state index contributed by atoms with van der Waals surface area (Å²) >= 11 is 0. The van der Waals surface area contributed by atoms with E-state index in [0.717, 1.165) is 42.0 Å². The number of fused-ring (bicyclic) bond motifs is 2. The van der Waals surface area contributed by atoms with Crippen LogP contribution in [-0.4, -0.2) is 30.8 Å². The van der Waals surface area contributed by atoms with Crippen molar-refractivity contribution in [2.24, 2.45) is 11.8 Å². The molecule has 2 atom stereocenters. The van der Waals surface area contributed by atoms with Gasteiger partial charge in [0, 0.05) is 25.2 Å². The highest BCUT2D eigenvalue weighted by Crippen LogP contribution is 2.38. The maximum Gasteiger partial charge on any atom is 0.317 e. The first-order valence-electron chi connectivity index (χ1n) is 7.71. The summed E-state index contributed by atoms with van der Waals surface area (Å²) in [5.74, 6) is 2.98. The van der Waals surface area contributed by atoms with E-state index in [2.05, 4.69) is 5.32 Å². The third kappa shape index (κ3) is 2.30. The van der Waals surface area contributed by atoms with Gasteiger partial charge in [0.2, 0.25) is 6.79 Å². The fourth-order valence-electron chi connectivity index (χ4n) is 3.81. The van der Waals surface area contributed by atoms with Crippen molar-refractivity contribution < 1.29 is 14.3 Å². The second kappa shape index (κ2) is 5.13. The maximum absolute atomic E-state index is 12.3.